The van der Waals surface area contributed by atoms with Crippen LogP contribution in [-0.4, -0.2) is 39.0 Å². The fourth-order valence-electron chi connectivity index (χ4n) is 2.04. The molecule has 1 atom stereocenters. The second-order valence-electron chi connectivity index (χ2n) is 4.67. The predicted octanol–water partition coefficient (Wildman–Crippen LogP) is 1.93. The van der Waals surface area contributed by atoms with E-state index in [0.717, 1.165) is 13.1 Å². The van der Waals surface area contributed by atoms with Crippen LogP contribution in [0.4, 0.5) is 5.69 Å². The maximum Gasteiger partial charge on any atom is 0.244 e. The van der Waals surface area contributed by atoms with Gasteiger partial charge in [-0.05, 0) is 32.1 Å². The van der Waals surface area contributed by atoms with E-state index in [1.165, 1.54) is 12.1 Å². The van der Waals surface area contributed by atoms with Crippen molar-refractivity contribution in [3.8, 4) is 0 Å². The molecule has 1 aromatic carbocycles. The predicted molar refractivity (Wildman–Crippen MR) is 83.4 cm³/mol. The summed E-state index contributed by atoms with van der Waals surface area (Å²) in [6.07, 6.45) is 0. The van der Waals surface area contributed by atoms with Crippen LogP contribution in [0.1, 0.15) is 20.8 Å². The summed E-state index contributed by atoms with van der Waals surface area (Å²) < 4.78 is 27.3. The number of halogens is 1. The molecule has 0 fully saturated rings. The number of nitrogens with one attached hydrogen (secondary N) is 1. The first-order valence-electron chi connectivity index (χ1n) is 6.60. The van der Waals surface area contributed by atoms with Gasteiger partial charge in [0, 0.05) is 12.6 Å². The minimum Gasteiger partial charge on any atom is -0.398 e. The Labute approximate surface area is 126 Å². The van der Waals surface area contributed by atoms with Gasteiger partial charge in [-0.25, -0.2) is 13.1 Å². The molecule has 1 unspecified atom stereocenters. The van der Waals surface area contributed by atoms with E-state index in [0.29, 0.717) is 6.54 Å². The van der Waals surface area contributed by atoms with Crippen molar-refractivity contribution in [2.24, 2.45) is 0 Å². The molecule has 0 saturated carbocycles. The zero-order valence-corrected chi connectivity index (χ0v) is 13.6. The maximum absolute atomic E-state index is 12.3. The zero-order valence-electron chi connectivity index (χ0n) is 12.1. The van der Waals surface area contributed by atoms with Gasteiger partial charge in [0.15, 0.2) is 0 Å². The summed E-state index contributed by atoms with van der Waals surface area (Å²) in [5, 5.41) is 0.132. The topological polar surface area (TPSA) is 75.4 Å². The Morgan fingerprint density at radius 1 is 1.35 bits per heavy atom. The lowest BCUT2D eigenvalue weighted by atomic mass is 10.3. The molecule has 0 heterocycles. The molecule has 0 aliphatic carbocycles. The van der Waals surface area contributed by atoms with Crippen LogP contribution >= 0.6 is 11.6 Å². The molecule has 1 rings (SSSR count). The Hall–Kier alpha value is -0.820. The first-order chi connectivity index (χ1) is 9.31. The van der Waals surface area contributed by atoms with Gasteiger partial charge in [-0.15, -0.1) is 0 Å². The fourth-order valence-corrected chi connectivity index (χ4v) is 3.95. The van der Waals surface area contributed by atoms with Gasteiger partial charge in [0.2, 0.25) is 10.0 Å². The first kappa shape index (κ1) is 17.2. The van der Waals surface area contributed by atoms with Gasteiger partial charge >= 0.3 is 0 Å². The van der Waals surface area contributed by atoms with Crippen molar-refractivity contribution < 1.29 is 8.42 Å². The van der Waals surface area contributed by atoms with Crippen LogP contribution in [-0.2, 0) is 10.0 Å². The van der Waals surface area contributed by atoms with E-state index in [9.17, 15) is 8.42 Å². The standard InChI is InChI=1S/C13H22ClN3O2S/c1-4-17(5-2)9-10(3)16-20(18,19)13-11(14)7-6-8-12(13)15/h6-8,10,16H,4-5,9,15H2,1-3H3. The number of nitrogens with two attached hydrogens (primary N) is 1. The molecule has 0 saturated heterocycles. The molecule has 5 nitrogen and oxygen atoms in total. The summed E-state index contributed by atoms with van der Waals surface area (Å²) in [5.41, 5.74) is 5.88. The molecule has 1 aromatic rings. The van der Waals surface area contributed by atoms with E-state index < -0.39 is 10.0 Å². The fraction of sp³-hybridized carbons (Fsp3) is 0.538. The summed E-state index contributed by atoms with van der Waals surface area (Å²) in [6.45, 7) is 8.28. The molecule has 0 amide bonds. The molecular formula is C13H22ClN3O2S. The molecule has 114 valence electrons. The summed E-state index contributed by atoms with van der Waals surface area (Å²) in [7, 11) is -3.72. The van der Waals surface area contributed by atoms with Crippen molar-refractivity contribution in [1.29, 1.82) is 0 Å². The lowest BCUT2D eigenvalue weighted by Crippen LogP contribution is -2.42. The van der Waals surface area contributed by atoms with Crippen LogP contribution in [0.5, 0.6) is 0 Å². The Morgan fingerprint density at radius 2 is 1.95 bits per heavy atom. The highest BCUT2D eigenvalue weighted by Crippen LogP contribution is 2.26. The van der Waals surface area contributed by atoms with Crippen LogP contribution in [0, 0.1) is 0 Å². The normalized spacial score (nSPS) is 13.7. The molecule has 7 heteroatoms. The van der Waals surface area contributed by atoms with E-state index in [2.05, 4.69) is 9.62 Å². The number of nitrogens with zero attached hydrogens (tertiary/aromatic N) is 1. The van der Waals surface area contributed by atoms with Crippen molar-refractivity contribution in [2.45, 2.75) is 31.7 Å². The molecular weight excluding hydrogens is 298 g/mol. The Morgan fingerprint density at radius 3 is 2.45 bits per heavy atom. The molecule has 0 bridgehead atoms. The van der Waals surface area contributed by atoms with Gasteiger partial charge in [0.25, 0.3) is 0 Å². The number of likely N-dealkylation sites (N-methyl/N-ethyl adjacent to an activating group) is 1. The molecule has 0 radical (unpaired) electrons. The molecule has 20 heavy (non-hydrogen) atoms. The third-order valence-corrected chi connectivity index (χ3v) is 5.18. The Bertz CT molecular complexity index is 524. The highest BCUT2D eigenvalue weighted by Gasteiger charge is 2.23. The molecule has 0 spiro atoms. The highest BCUT2D eigenvalue weighted by molar-refractivity contribution is 7.89. The van der Waals surface area contributed by atoms with E-state index >= 15 is 0 Å². The van der Waals surface area contributed by atoms with E-state index in [1.807, 2.05) is 20.8 Å². The van der Waals surface area contributed by atoms with Crippen molar-refractivity contribution in [3.63, 3.8) is 0 Å². The second kappa shape index (κ2) is 7.26. The van der Waals surface area contributed by atoms with Gasteiger partial charge in [0.1, 0.15) is 4.90 Å². The van der Waals surface area contributed by atoms with Crippen LogP contribution in [0.3, 0.4) is 0 Å². The van der Waals surface area contributed by atoms with Gasteiger partial charge in [-0.2, -0.15) is 0 Å². The largest absolute Gasteiger partial charge is 0.398 e. The molecule has 0 aliphatic heterocycles. The smallest absolute Gasteiger partial charge is 0.244 e. The van der Waals surface area contributed by atoms with E-state index in [-0.39, 0.29) is 21.6 Å². The van der Waals surface area contributed by atoms with Crippen molar-refractivity contribution >= 4 is 27.3 Å². The number of nitrogen functional groups attached to an aromatic ring is 1. The monoisotopic (exact) mass is 319 g/mol. The van der Waals surface area contributed by atoms with Crippen LogP contribution in [0.15, 0.2) is 23.1 Å². The third kappa shape index (κ3) is 4.34. The Balaban J connectivity index is 2.90. The van der Waals surface area contributed by atoms with Crippen molar-refractivity contribution in [1.82, 2.24) is 9.62 Å². The van der Waals surface area contributed by atoms with Gasteiger partial charge < -0.3 is 10.6 Å². The Kier molecular flexibility index (Phi) is 6.26. The molecule has 3 N–H and O–H groups in total. The number of sulfonamides is 1. The average Bonchev–Trinajstić information content (AvgIpc) is 2.34. The van der Waals surface area contributed by atoms with Crippen LogP contribution in [0.2, 0.25) is 5.02 Å². The minimum atomic E-state index is -3.72. The van der Waals surface area contributed by atoms with E-state index in [1.54, 1.807) is 6.07 Å². The molecule has 0 aromatic heterocycles. The number of benzene rings is 1. The average molecular weight is 320 g/mol. The lowest BCUT2D eigenvalue weighted by Gasteiger charge is -2.23. The van der Waals surface area contributed by atoms with Gasteiger partial charge in [-0.1, -0.05) is 31.5 Å². The first-order valence-corrected chi connectivity index (χ1v) is 8.46. The second-order valence-corrected chi connectivity index (χ2v) is 6.72. The lowest BCUT2D eigenvalue weighted by molar-refractivity contribution is 0.282. The SMILES string of the molecule is CCN(CC)CC(C)NS(=O)(=O)c1c(N)cccc1Cl. The van der Waals surface area contributed by atoms with Gasteiger partial charge in [-0.3, -0.25) is 0 Å². The summed E-state index contributed by atoms with van der Waals surface area (Å²) >= 11 is 5.95. The quantitative estimate of drug-likeness (QED) is 0.753. The van der Waals surface area contributed by atoms with Crippen molar-refractivity contribution in [2.75, 3.05) is 25.4 Å². The summed E-state index contributed by atoms with van der Waals surface area (Å²) in [6, 6.07) is 4.43. The summed E-state index contributed by atoms with van der Waals surface area (Å²) in [5.74, 6) is 0. The number of rotatable bonds is 7. The minimum absolute atomic E-state index is 0.0481. The van der Waals surface area contributed by atoms with Crippen molar-refractivity contribution in [3.05, 3.63) is 23.2 Å². The summed E-state index contributed by atoms with van der Waals surface area (Å²) in [4.78, 5) is 2.09. The third-order valence-electron chi connectivity index (χ3n) is 3.05. The highest BCUT2D eigenvalue weighted by atomic mass is 35.5. The molecule has 0 aliphatic rings. The number of hydrogen-bond donors (Lipinski definition) is 2. The number of hydrogen-bond acceptors (Lipinski definition) is 4. The van der Waals surface area contributed by atoms with E-state index in [4.69, 9.17) is 17.3 Å². The number of anilines is 1. The van der Waals surface area contributed by atoms with Crippen LogP contribution < -0.4 is 10.5 Å². The van der Waals surface area contributed by atoms with Gasteiger partial charge in [0.05, 0.1) is 10.7 Å². The zero-order chi connectivity index (χ0) is 15.3. The van der Waals surface area contributed by atoms with Crippen LogP contribution in [0.25, 0.3) is 0 Å². The maximum atomic E-state index is 12.3.